The van der Waals surface area contributed by atoms with Crippen LogP contribution in [0.1, 0.15) is 43.4 Å². The Kier molecular flexibility index (Phi) is 22.3. The lowest BCUT2D eigenvalue weighted by Crippen LogP contribution is -2.57. The average Bonchev–Trinajstić information content (AvgIpc) is 3.41. The zero-order valence-corrected chi connectivity index (χ0v) is 42.6. The molecular weight excluding hydrogens is 967 g/mol. The molecule has 3 saturated heterocycles. The number of likely N-dealkylation sites (tertiary alicyclic amines) is 3. The number of nitrogens with zero attached hydrogens (tertiary/aromatic N) is 3. The summed E-state index contributed by atoms with van der Waals surface area (Å²) in [5.74, 6) is 2.75. The molecule has 6 aromatic rings. The van der Waals surface area contributed by atoms with Crippen molar-refractivity contribution < 1.29 is 60.2 Å². The molecule has 9 rings (SSSR count). The summed E-state index contributed by atoms with van der Waals surface area (Å²) in [7, 11) is 0. The minimum Gasteiger partial charge on any atom is -0.508 e. The van der Waals surface area contributed by atoms with E-state index < -0.39 is 35.1 Å². The number of hydrogen-bond acceptors (Lipinski definition) is 15. The monoisotopic (exact) mass is 1050 g/mol. The van der Waals surface area contributed by atoms with Crippen LogP contribution in [0.5, 0.6) is 34.5 Å². The Bertz CT molecular complexity index is 2270. The summed E-state index contributed by atoms with van der Waals surface area (Å²) in [6.45, 7) is 6.99. The molecule has 0 saturated carbocycles. The number of rotatable bonds is 18. The smallest absolute Gasteiger partial charge is 0.119 e. The summed E-state index contributed by atoms with van der Waals surface area (Å²) in [6, 6.07) is 49.2. The van der Waals surface area contributed by atoms with Crippen molar-refractivity contribution in [2.24, 2.45) is 0 Å². The van der Waals surface area contributed by atoms with Crippen LogP contribution in [-0.2, 0) is 19.3 Å². The van der Waals surface area contributed by atoms with Crippen molar-refractivity contribution in [3.05, 3.63) is 180 Å². The van der Waals surface area contributed by atoms with E-state index in [2.05, 4.69) is 14.7 Å². The van der Waals surface area contributed by atoms with E-state index in [9.17, 15) is 46.0 Å². The van der Waals surface area contributed by atoms with Gasteiger partial charge in [0.15, 0.2) is 0 Å². The van der Waals surface area contributed by atoms with E-state index in [1.54, 1.807) is 72.8 Å². The fraction of sp³-hybridized carbons (Fsp3) is 0.410. The van der Waals surface area contributed by atoms with E-state index in [1.807, 2.05) is 91.0 Å². The van der Waals surface area contributed by atoms with Crippen molar-refractivity contribution in [1.82, 2.24) is 14.7 Å². The molecule has 3 heterocycles. The maximum Gasteiger partial charge on any atom is 0.119 e. The largest absolute Gasteiger partial charge is 0.508 e. The summed E-state index contributed by atoms with van der Waals surface area (Å²) >= 11 is 0. The number of piperidine rings is 3. The Hall–Kier alpha value is -6.24. The second kappa shape index (κ2) is 28.8. The highest BCUT2D eigenvalue weighted by atomic mass is 16.5. The van der Waals surface area contributed by atoms with Gasteiger partial charge in [-0.2, -0.15) is 0 Å². The Labute approximate surface area is 448 Å². The molecule has 3 fully saturated rings. The van der Waals surface area contributed by atoms with Crippen LogP contribution >= 0.6 is 0 Å². The molecule has 0 spiro atoms. The van der Waals surface area contributed by atoms with Gasteiger partial charge in [-0.15, -0.1) is 0 Å². The van der Waals surface area contributed by atoms with E-state index in [1.165, 1.54) is 0 Å². The number of aliphatic hydroxyl groups is 6. The summed E-state index contributed by atoms with van der Waals surface area (Å²) < 4.78 is 16.9. The van der Waals surface area contributed by atoms with Crippen molar-refractivity contribution in [2.45, 2.75) is 81.1 Å². The Morgan fingerprint density at radius 3 is 0.829 bits per heavy atom. The molecule has 6 aromatic carbocycles. The van der Waals surface area contributed by atoms with Gasteiger partial charge in [-0.25, -0.2) is 0 Å². The van der Waals surface area contributed by atoms with Crippen molar-refractivity contribution in [2.75, 3.05) is 78.7 Å². The maximum atomic E-state index is 10.8. The molecule has 6 atom stereocenters. The molecule has 3 aliphatic rings. The van der Waals surface area contributed by atoms with Crippen molar-refractivity contribution in [3.8, 4) is 34.5 Å². The van der Waals surface area contributed by atoms with Gasteiger partial charge in [0.2, 0.25) is 0 Å². The molecule has 0 radical (unpaired) electrons. The maximum absolute atomic E-state index is 10.8. The second-order valence-corrected chi connectivity index (χ2v) is 20.0. The average molecular weight is 1050 g/mol. The first-order valence-corrected chi connectivity index (χ1v) is 25.9. The fourth-order valence-electron chi connectivity index (χ4n) is 9.65. The number of aromatic hydroxyl groups is 3. The predicted octanol–water partition coefficient (Wildman–Crippen LogP) is 6.07. The first kappa shape index (κ1) is 59.0. The standard InChI is InChI=1S/3C20H25NO4.CH4/c3*22-17-6-8-18(9-7-17)25-13-12-21-11-10-20(24,19(23)15-21)14-16-4-2-1-3-5-16;/h3*1-9,19,22-24H,10-15H2;1H4/t3*19-,20+;/m110./s1. The lowest BCUT2D eigenvalue weighted by atomic mass is 9.83. The van der Waals surface area contributed by atoms with Gasteiger partial charge in [0.05, 0.1) is 35.1 Å². The Morgan fingerprint density at radius 1 is 0.368 bits per heavy atom. The van der Waals surface area contributed by atoms with Crippen LogP contribution in [0.4, 0.5) is 0 Å². The molecule has 3 aliphatic heterocycles. The molecule has 0 amide bonds. The van der Waals surface area contributed by atoms with Gasteiger partial charge in [-0.05, 0) is 109 Å². The lowest BCUT2D eigenvalue weighted by Gasteiger charge is -2.42. The zero-order chi connectivity index (χ0) is 53.1. The molecule has 15 nitrogen and oxygen atoms in total. The third-order valence-corrected chi connectivity index (χ3v) is 14.3. The molecule has 0 aromatic heterocycles. The number of β-amino-alcohol motifs (C(OH)–C–C–N with tert-alkyl or cyclic N) is 3. The molecule has 0 unspecified atom stereocenters. The van der Waals surface area contributed by atoms with Crippen LogP contribution in [0.25, 0.3) is 0 Å². The lowest BCUT2D eigenvalue weighted by molar-refractivity contribution is -0.119. The third-order valence-electron chi connectivity index (χ3n) is 14.3. The fourth-order valence-corrected chi connectivity index (χ4v) is 9.65. The molecule has 76 heavy (non-hydrogen) atoms. The summed E-state index contributed by atoms with van der Waals surface area (Å²) in [5.41, 5.74) is -0.115. The minimum atomic E-state index is -1.07. The molecule has 0 bridgehead atoms. The first-order valence-electron chi connectivity index (χ1n) is 25.9. The zero-order valence-electron chi connectivity index (χ0n) is 42.6. The first-order chi connectivity index (χ1) is 36.1. The van der Waals surface area contributed by atoms with Crippen LogP contribution in [0.15, 0.2) is 164 Å². The van der Waals surface area contributed by atoms with Gasteiger partial charge in [-0.1, -0.05) is 98.4 Å². The summed E-state index contributed by atoms with van der Waals surface area (Å²) in [4.78, 5) is 6.31. The van der Waals surface area contributed by atoms with Gasteiger partial charge in [0, 0.05) is 78.2 Å². The highest BCUT2D eigenvalue weighted by Crippen LogP contribution is 2.30. The Morgan fingerprint density at radius 2 is 0.605 bits per heavy atom. The van der Waals surface area contributed by atoms with Crippen LogP contribution in [0.3, 0.4) is 0 Å². The van der Waals surface area contributed by atoms with Crippen molar-refractivity contribution in [3.63, 3.8) is 0 Å². The SMILES string of the molecule is C.Oc1ccc(OCCN2CC[C@@](O)(Cc3ccccc3)[C@@H](O)C2)cc1.Oc1ccc(OCCN2CC[C@](O)(Cc3ccccc3)[C@H](O)C2)cc1.Oc1ccc(OCCN2CC[C@](O)(Cc3ccccc3)[C@H](O)C2)cc1. The van der Waals surface area contributed by atoms with Crippen LogP contribution in [0.2, 0.25) is 0 Å². The van der Waals surface area contributed by atoms with Gasteiger partial charge < -0.3 is 60.2 Å². The van der Waals surface area contributed by atoms with Crippen LogP contribution < -0.4 is 14.2 Å². The number of phenolic OH excluding ortho intramolecular Hbond substituents is 3. The predicted molar refractivity (Wildman–Crippen MR) is 294 cm³/mol. The molecule has 410 valence electrons. The van der Waals surface area contributed by atoms with Gasteiger partial charge in [0.1, 0.15) is 54.3 Å². The molecule has 9 N–H and O–H groups in total. The quantitative estimate of drug-likeness (QED) is 0.0477. The van der Waals surface area contributed by atoms with Crippen molar-refractivity contribution >= 4 is 0 Å². The van der Waals surface area contributed by atoms with Crippen molar-refractivity contribution in [1.29, 1.82) is 0 Å². The highest BCUT2D eigenvalue weighted by Gasteiger charge is 2.42. The van der Waals surface area contributed by atoms with E-state index in [-0.39, 0.29) is 24.7 Å². The van der Waals surface area contributed by atoms with Crippen LogP contribution in [0, 0.1) is 0 Å². The Balaban J connectivity index is 0.000000184. The molecule has 15 heteroatoms. The topological polar surface area (TPSA) is 219 Å². The van der Waals surface area contributed by atoms with Crippen LogP contribution in [-0.4, -0.2) is 174 Å². The third kappa shape index (κ3) is 18.2. The minimum absolute atomic E-state index is 0. The summed E-state index contributed by atoms with van der Waals surface area (Å²) in [5, 5.41) is 91.5. The second-order valence-electron chi connectivity index (χ2n) is 20.0. The van der Waals surface area contributed by atoms with E-state index >= 15 is 0 Å². The molecule has 0 aliphatic carbocycles. The number of aliphatic hydroxyl groups excluding tert-OH is 3. The normalized spacial score (nSPS) is 23.8. The highest BCUT2D eigenvalue weighted by molar-refractivity contribution is 5.32. The van der Waals surface area contributed by atoms with E-state index in [0.29, 0.717) is 115 Å². The molecular formula is C61H79N3O12. The summed E-state index contributed by atoms with van der Waals surface area (Å²) in [6.07, 6.45) is 0.639. The number of hydrogen-bond donors (Lipinski definition) is 9. The van der Waals surface area contributed by atoms with Gasteiger partial charge in [-0.3, -0.25) is 14.7 Å². The van der Waals surface area contributed by atoms with Gasteiger partial charge >= 0.3 is 0 Å². The van der Waals surface area contributed by atoms with Gasteiger partial charge in [0.25, 0.3) is 0 Å². The van der Waals surface area contributed by atoms with E-state index in [0.717, 1.165) is 36.3 Å². The van der Waals surface area contributed by atoms with E-state index in [4.69, 9.17) is 14.2 Å². The number of ether oxygens (including phenoxy) is 3. The number of phenols is 3. The number of benzene rings is 6.